The monoisotopic (exact) mass is 207 g/mol. The highest BCUT2D eigenvalue weighted by atomic mass is 35.5. The van der Waals surface area contributed by atoms with E-state index in [0.29, 0.717) is 0 Å². The summed E-state index contributed by atoms with van der Waals surface area (Å²) in [5.74, 6) is -1.39. The van der Waals surface area contributed by atoms with Crippen LogP contribution in [0.5, 0.6) is 0 Å². The maximum atomic E-state index is 12.7. The number of benzene rings is 1. The van der Waals surface area contributed by atoms with Crippen LogP contribution in [0.4, 0.5) is 8.78 Å². The summed E-state index contributed by atoms with van der Waals surface area (Å²) in [6.07, 6.45) is 0. The van der Waals surface area contributed by atoms with E-state index in [4.69, 9.17) is 17.3 Å². The Morgan fingerprint density at radius 3 is 1.92 bits per heavy atom. The van der Waals surface area contributed by atoms with E-state index in [1.807, 2.05) is 13.8 Å². The van der Waals surface area contributed by atoms with Crippen LogP contribution < -0.4 is 5.73 Å². The third kappa shape index (κ3) is 3.28. The second-order valence-electron chi connectivity index (χ2n) is 2.05. The van der Waals surface area contributed by atoms with Crippen molar-refractivity contribution in [3.63, 3.8) is 0 Å². The van der Waals surface area contributed by atoms with E-state index >= 15 is 0 Å². The van der Waals surface area contributed by atoms with Crippen LogP contribution in [-0.4, -0.2) is 0 Å². The fourth-order valence-electron chi connectivity index (χ4n) is 0.767. The van der Waals surface area contributed by atoms with Crippen molar-refractivity contribution in [3.8, 4) is 0 Å². The molecule has 1 aromatic carbocycles. The summed E-state index contributed by atoms with van der Waals surface area (Å²) >= 11 is 5.36. The van der Waals surface area contributed by atoms with Gasteiger partial charge in [-0.1, -0.05) is 25.4 Å². The summed E-state index contributed by atoms with van der Waals surface area (Å²) in [4.78, 5) is 0. The van der Waals surface area contributed by atoms with Crippen LogP contribution in [0.3, 0.4) is 0 Å². The molecule has 0 saturated heterocycles. The zero-order chi connectivity index (χ0) is 10.4. The van der Waals surface area contributed by atoms with Gasteiger partial charge in [0.1, 0.15) is 11.6 Å². The van der Waals surface area contributed by atoms with Crippen molar-refractivity contribution in [2.45, 2.75) is 20.4 Å². The van der Waals surface area contributed by atoms with Gasteiger partial charge in [0, 0.05) is 17.1 Å². The standard InChI is InChI=1S/C7H6ClF2N.C2H6/c8-4-1-6(9)5(3-11)7(10)2-4;1-2/h1-2H,3,11H2;1-2H3. The fraction of sp³-hybridized carbons (Fsp3) is 0.333. The molecule has 0 radical (unpaired) electrons. The first kappa shape index (κ1) is 12.3. The smallest absolute Gasteiger partial charge is 0.132 e. The van der Waals surface area contributed by atoms with Crippen molar-refractivity contribution in [3.05, 3.63) is 34.4 Å². The Bertz CT molecular complexity index is 253. The largest absolute Gasteiger partial charge is 0.326 e. The van der Waals surface area contributed by atoms with E-state index in [-0.39, 0.29) is 17.1 Å². The van der Waals surface area contributed by atoms with Crippen molar-refractivity contribution in [2.75, 3.05) is 0 Å². The van der Waals surface area contributed by atoms with Crippen LogP contribution in [0, 0.1) is 11.6 Å². The quantitative estimate of drug-likeness (QED) is 0.753. The average molecular weight is 208 g/mol. The van der Waals surface area contributed by atoms with Gasteiger partial charge in [0.2, 0.25) is 0 Å². The molecule has 1 aromatic rings. The second kappa shape index (κ2) is 5.89. The van der Waals surface area contributed by atoms with Crippen molar-refractivity contribution >= 4 is 11.6 Å². The molecular formula is C9H12ClF2N. The average Bonchev–Trinajstić information content (AvgIpc) is 2.07. The summed E-state index contributed by atoms with van der Waals surface area (Å²) in [5.41, 5.74) is 4.95. The van der Waals surface area contributed by atoms with E-state index in [0.717, 1.165) is 12.1 Å². The lowest BCUT2D eigenvalue weighted by Crippen LogP contribution is -2.02. The van der Waals surface area contributed by atoms with Crippen molar-refractivity contribution in [1.82, 2.24) is 0 Å². The summed E-state index contributed by atoms with van der Waals surface area (Å²) in [5, 5.41) is 0.0391. The third-order valence-electron chi connectivity index (χ3n) is 1.31. The van der Waals surface area contributed by atoms with E-state index in [1.54, 1.807) is 0 Å². The Kier molecular flexibility index (Phi) is 5.58. The summed E-state index contributed by atoms with van der Waals surface area (Å²) in [6, 6.07) is 2.07. The minimum atomic E-state index is -0.697. The molecule has 0 aliphatic carbocycles. The molecule has 0 heterocycles. The Labute approximate surface area is 81.5 Å². The van der Waals surface area contributed by atoms with Crippen LogP contribution in [0.15, 0.2) is 12.1 Å². The van der Waals surface area contributed by atoms with E-state index in [1.165, 1.54) is 0 Å². The molecule has 4 heteroatoms. The van der Waals surface area contributed by atoms with Crippen molar-refractivity contribution in [1.29, 1.82) is 0 Å². The van der Waals surface area contributed by atoms with Crippen LogP contribution in [-0.2, 0) is 6.54 Å². The first-order chi connectivity index (χ1) is 6.15. The molecule has 0 bridgehead atoms. The molecule has 0 aliphatic heterocycles. The minimum Gasteiger partial charge on any atom is -0.326 e. The Hall–Kier alpha value is -0.670. The van der Waals surface area contributed by atoms with Crippen LogP contribution in [0.25, 0.3) is 0 Å². The first-order valence-corrected chi connectivity index (χ1v) is 4.36. The molecule has 2 N–H and O–H groups in total. The second-order valence-corrected chi connectivity index (χ2v) is 2.49. The Morgan fingerprint density at radius 1 is 1.23 bits per heavy atom. The maximum Gasteiger partial charge on any atom is 0.132 e. The fourth-order valence-corrected chi connectivity index (χ4v) is 0.959. The highest BCUT2D eigenvalue weighted by Crippen LogP contribution is 2.17. The molecule has 0 spiro atoms. The Balaban J connectivity index is 0.000000671. The van der Waals surface area contributed by atoms with Crippen LogP contribution in [0.1, 0.15) is 19.4 Å². The lowest BCUT2D eigenvalue weighted by Gasteiger charge is -2.00. The maximum absolute atomic E-state index is 12.7. The topological polar surface area (TPSA) is 26.0 Å². The Morgan fingerprint density at radius 2 is 1.62 bits per heavy atom. The lowest BCUT2D eigenvalue weighted by molar-refractivity contribution is 0.557. The molecule has 0 atom stereocenters. The number of rotatable bonds is 1. The molecular weight excluding hydrogens is 196 g/mol. The molecule has 0 saturated carbocycles. The van der Waals surface area contributed by atoms with Gasteiger partial charge in [-0.05, 0) is 12.1 Å². The molecule has 13 heavy (non-hydrogen) atoms. The van der Waals surface area contributed by atoms with Gasteiger partial charge in [-0.25, -0.2) is 8.78 Å². The molecule has 0 fully saturated rings. The number of hydrogen-bond donors (Lipinski definition) is 1. The zero-order valence-electron chi connectivity index (χ0n) is 7.57. The van der Waals surface area contributed by atoms with E-state index in [2.05, 4.69) is 0 Å². The zero-order valence-corrected chi connectivity index (χ0v) is 8.33. The number of hydrogen-bond acceptors (Lipinski definition) is 1. The van der Waals surface area contributed by atoms with E-state index < -0.39 is 11.6 Å². The molecule has 1 nitrogen and oxygen atoms in total. The normalized spacial score (nSPS) is 9.08. The number of halogens is 3. The lowest BCUT2D eigenvalue weighted by atomic mass is 10.2. The van der Waals surface area contributed by atoms with Gasteiger partial charge in [0.25, 0.3) is 0 Å². The van der Waals surface area contributed by atoms with Crippen LogP contribution in [0.2, 0.25) is 5.02 Å². The van der Waals surface area contributed by atoms with Crippen molar-refractivity contribution < 1.29 is 8.78 Å². The van der Waals surface area contributed by atoms with Gasteiger partial charge >= 0.3 is 0 Å². The molecule has 1 rings (SSSR count). The summed E-state index contributed by atoms with van der Waals surface area (Å²) in [6.45, 7) is 3.84. The molecule has 0 unspecified atom stereocenters. The highest BCUT2D eigenvalue weighted by molar-refractivity contribution is 6.30. The highest BCUT2D eigenvalue weighted by Gasteiger charge is 2.07. The summed E-state index contributed by atoms with van der Waals surface area (Å²) < 4.78 is 25.4. The minimum absolute atomic E-state index is 0.0391. The first-order valence-electron chi connectivity index (χ1n) is 3.98. The SMILES string of the molecule is CC.NCc1c(F)cc(Cl)cc1F. The predicted octanol–water partition coefficient (Wildman–Crippen LogP) is 3.10. The van der Waals surface area contributed by atoms with Crippen molar-refractivity contribution in [2.24, 2.45) is 5.73 Å². The van der Waals surface area contributed by atoms with Gasteiger partial charge < -0.3 is 5.73 Å². The molecule has 0 aromatic heterocycles. The van der Waals surface area contributed by atoms with Crippen LogP contribution >= 0.6 is 11.6 Å². The predicted molar refractivity (Wildman–Crippen MR) is 50.6 cm³/mol. The van der Waals surface area contributed by atoms with E-state index in [9.17, 15) is 8.78 Å². The van der Waals surface area contributed by atoms with Gasteiger partial charge in [0.05, 0.1) is 0 Å². The molecule has 0 amide bonds. The van der Waals surface area contributed by atoms with Gasteiger partial charge in [-0.3, -0.25) is 0 Å². The van der Waals surface area contributed by atoms with Gasteiger partial charge in [-0.2, -0.15) is 0 Å². The van der Waals surface area contributed by atoms with Gasteiger partial charge in [-0.15, -0.1) is 0 Å². The third-order valence-corrected chi connectivity index (χ3v) is 1.53. The molecule has 0 aliphatic rings. The number of nitrogens with two attached hydrogens (primary N) is 1. The molecule has 74 valence electrons. The van der Waals surface area contributed by atoms with Gasteiger partial charge in [0.15, 0.2) is 0 Å². The summed E-state index contributed by atoms with van der Waals surface area (Å²) in [7, 11) is 0.